The molecular formula is C39H80N2. The van der Waals surface area contributed by atoms with Crippen LogP contribution in [0.1, 0.15) is 208 Å². The van der Waals surface area contributed by atoms with E-state index < -0.39 is 0 Å². The third-order valence-corrected chi connectivity index (χ3v) is 11.6. The van der Waals surface area contributed by atoms with Crippen LogP contribution >= 0.6 is 0 Å². The van der Waals surface area contributed by atoms with Crippen molar-refractivity contribution in [2.45, 2.75) is 214 Å². The Kier molecular flexibility index (Phi) is 22.2. The molecule has 41 heavy (non-hydrogen) atoms. The van der Waals surface area contributed by atoms with E-state index in [1.54, 1.807) is 0 Å². The maximum absolute atomic E-state index is 6.46. The minimum Gasteiger partial charge on any atom is -0.330 e. The highest BCUT2D eigenvalue weighted by Crippen LogP contribution is 2.48. The second-order valence-corrected chi connectivity index (χ2v) is 15.7. The molecule has 2 heteroatoms. The van der Waals surface area contributed by atoms with Gasteiger partial charge in [-0.15, -0.1) is 0 Å². The van der Waals surface area contributed by atoms with Gasteiger partial charge in [-0.25, -0.2) is 0 Å². The molecule has 1 rings (SSSR count). The molecule has 1 saturated carbocycles. The van der Waals surface area contributed by atoms with Gasteiger partial charge in [0.25, 0.3) is 0 Å². The van der Waals surface area contributed by atoms with Crippen molar-refractivity contribution in [1.29, 1.82) is 0 Å². The van der Waals surface area contributed by atoms with Crippen LogP contribution in [0, 0.1) is 29.1 Å². The van der Waals surface area contributed by atoms with Gasteiger partial charge in [0.15, 0.2) is 0 Å². The monoisotopic (exact) mass is 577 g/mol. The summed E-state index contributed by atoms with van der Waals surface area (Å²) >= 11 is 0. The quantitative estimate of drug-likeness (QED) is 0.0955. The zero-order chi connectivity index (χ0) is 30.4. The predicted molar refractivity (Wildman–Crippen MR) is 186 cm³/mol. The fourth-order valence-electron chi connectivity index (χ4n) is 7.87. The topological polar surface area (TPSA) is 52.0 Å². The van der Waals surface area contributed by atoms with Gasteiger partial charge >= 0.3 is 0 Å². The van der Waals surface area contributed by atoms with E-state index in [0.717, 1.165) is 30.2 Å². The van der Waals surface area contributed by atoms with Crippen LogP contribution in [-0.2, 0) is 0 Å². The Hall–Kier alpha value is -0.0800. The van der Waals surface area contributed by atoms with Crippen LogP contribution in [0.4, 0.5) is 0 Å². The summed E-state index contributed by atoms with van der Waals surface area (Å²) in [6, 6.07) is 0. The van der Waals surface area contributed by atoms with Gasteiger partial charge in [0.1, 0.15) is 0 Å². The van der Waals surface area contributed by atoms with E-state index in [9.17, 15) is 0 Å². The molecule has 2 nitrogen and oxygen atoms in total. The van der Waals surface area contributed by atoms with Crippen LogP contribution < -0.4 is 11.5 Å². The normalized spacial score (nSPS) is 22.0. The van der Waals surface area contributed by atoms with Gasteiger partial charge in [0.05, 0.1) is 0 Å². The van der Waals surface area contributed by atoms with E-state index in [1.807, 2.05) is 0 Å². The Bertz CT molecular complexity index is 577. The largest absolute Gasteiger partial charge is 0.330 e. The van der Waals surface area contributed by atoms with E-state index in [1.165, 1.54) is 167 Å². The molecule has 0 spiro atoms. The summed E-state index contributed by atoms with van der Waals surface area (Å²) in [5, 5.41) is 0. The van der Waals surface area contributed by atoms with Gasteiger partial charge in [0, 0.05) is 5.54 Å². The Balaban J connectivity index is 2.73. The van der Waals surface area contributed by atoms with Crippen LogP contribution in [0.15, 0.2) is 0 Å². The summed E-state index contributed by atoms with van der Waals surface area (Å²) in [7, 11) is 0. The Morgan fingerprint density at radius 3 is 1.29 bits per heavy atom. The summed E-state index contributed by atoms with van der Waals surface area (Å²) < 4.78 is 0. The summed E-state index contributed by atoms with van der Waals surface area (Å²) in [4.78, 5) is 0. The molecule has 4 N–H and O–H groups in total. The van der Waals surface area contributed by atoms with E-state index in [-0.39, 0.29) is 11.0 Å². The number of hydrogen-bond donors (Lipinski definition) is 2. The fraction of sp³-hybridized carbons (Fsp3) is 1.00. The number of nitrogens with two attached hydrogens (primary N) is 2. The molecule has 246 valence electrons. The first-order valence-corrected chi connectivity index (χ1v) is 19.2. The van der Waals surface area contributed by atoms with Gasteiger partial charge in [-0.1, -0.05) is 156 Å². The summed E-state index contributed by atoms with van der Waals surface area (Å²) in [5.74, 6) is 4.03. The lowest BCUT2D eigenvalue weighted by Crippen LogP contribution is -2.47. The Labute approximate surface area is 260 Å². The molecule has 0 bridgehead atoms. The first kappa shape index (κ1) is 38.9. The third kappa shape index (κ3) is 17.1. The molecule has 1 aliphatic rings. The van der Waals surface area contributed by atoms with Crippen molar-refractivity contribution < 1.29 is 0 Å². The van der Waals surface area contributed by atoms with Crippen LogP contribution in [0.5, 0.6) is 0 Å². The molecular weight excluding hydrogens is 496 g/mol. The summed E-state index contributed by atoms with van der Waals surface area (Å²) in [6.07, 6.45) is 37.3. The Morgan fingerprint density at radius 1 is 0.488 bits per heavy atom. The minimum atomic E-state index is -0.0919. The molecule has 1 aliphatic carbocycles. The minimum absolute atomic E-state index is 0.0919. The predicted octanol–water partition coefficient (Wildman–Crippen LogP) is 12.4. The van der Waals surface area contributed by atoms with E-state index in [2.05, 4.69) is 41.5 Å². The molecule has 0 aromatic heterocycles. The average molecular weight is 577 g/mol. The highest BCUT2D eigenvalue weighted by Gasteiger charge is 2.38. The summed E-state index contributed by atoms with van der Waals surface area (Å²) in [6.45, 7) is 14.7. The van der Waals surface area contributed by atoms with Crippen molar-refractivity contribution in [3.8, 4) is 0 Å². The highest BCUT2D eigenvalue weighted by molar-refractivity contribution is 4.90. The zero-order valence-corrected chi connectivity index (χ0v) is 29.6. The molecule has 4 atom stereocenters. The lowest BCUT2D eigenvalue weighted by molar-refractivity contribution is 0.0581. The van der Waals surface area contributed by atoms with Gasteiger partial charge in [0.2, 0.25) is 0 Å². The van der Waals surface area contributed by atoms with Gasteiger partial charge < -0.3 is 11.5 Å². The molecule has 1 fully saturated rings. The molecule has 4 unspecified atom stereocenters. The smallest absolute Gasteiger partial charge is 0.0148 e. The lowest BCUT2D eigenvalue weighted by atomic mass is 9.61. The molecule has 0 saturated heterocycles. The van der Waals surface area contributed by atoms with E-state index in [0.29, 0.717) is 0 Å². The third-order valence-electron chi connectivity index (χ3n) is 11.6. The fourth-order valence-corrected chi connectivity index (χ4v) is 7.87. The van der Waals surface area contributed by atoms with Crippen molar-refractivity contribution in [2.75, 3.05) is 6.54 Å². The molecule has 0 aliphatic heterocycles. The van der Waals surface area contributed by atoms with Crippen LogP contribution in [-0.4, -0.2) is 12.1 Å². The zero-order valence-electron chi connectivity index (χ0n) is 29.6. The van der Waals surface area contributed by atoms with E-state index in [4.69, 9.17) is 11.5 Å². The number of hydrogen-bond acceptors (Lipinski definition) is 2. The number of rotatable bonds is 27. The second-order valence-electron chi connectivity index (χ2n) is 15.7. The maximum Gasteiger partial charge on any atom is 0.0148 e. The average Bonchev–Trinajstić information content (AvgIpc) is 2.93. The molecule has 0 heterocycles. The van der Waals surface area contributed by atoms with Crippen molar-refractivity contribution in [3.63, 3.8) is 0 Å². The van der Waals surface area contributed by atoms with Crippen molar-refractivity contribution in [1.82, 2.24) is 0 Å². The van der Waals surface area contributed by atoms with Crippen molar-refractivity contribution >= 4 is 0 Å². The van der Waals surface area contributed by atoms with Crippen LogP contribution in [0.2, 0.25) is 0 Å². The first-order valence-electron chi connectivity index (χ1n) is 19.2. The molecule has 0 aromatic rings. The SMILES string of the molecule is CCCCCCCCC1C(CCCCCC)CCC(CCCCCCN)C1CCCCCCCC(C)(C)C(C)(C)N. The standard InChI is InChI=1S/C39H80N2/c1-7-9-11-13-15-22-28-36-34(26-20-12-10-8-2)30-31-35(27-21-17-19-25-33-40)37(36)29-23-16-14-18-24-32-38(3,4)39(5,6)41/h34-37H,7-33,40-41H2,1-6H3. The van der Waals surface area contributed by atoms with Gasteiger partial charge in [-0.3, -0.25) is 0 Å². The molecule has 0 radical (unpaired) electrons. The van der Waals surface area contributed by atoms with E-state index >= 15 is 0 Å². The highest BCUT2D eigenvalue weighted by atomic mass is 14.7. The lowest BCUT2D eigenvalue weighted by Gasteiger charge is -2.44. The second kappa shape index (κ2) is 23.3. The first-order chi connectivity index (χ1) is 19.7. The van der Waals surface area contributed by atoms with Crippen LogP contribution in [0.25, 0.3) is 0 Å². The maximum atomic E-state index is 6.46. The van der Waals surface area contributed by atoms with Crippen LogP contribution in [0.3, 0.4) is 0 Å². The van der Waals surface area contributed by atoms with Crippen molar-refractivity contribution in [3.05, 3.63) is 0 Å². The van der Waals surface area contributed by atoms with Crippen molar-refractivity contribution in [2.24, 2.45) is 40.6 Å². The molecule has 0 amide bonds. The van der Waals surface area contributed by atoms with Gasteiger partial charge in [-0.2, -0.15) is 0 Å². The summed E-state index contributed by atoms with van der Waals surface area (Å²) in [5.41, 5.74) is 12.4. The molecule has 0 aromatic carbocycles. The number of unbranched alkanes of at least 4 members (excludes halogenated alkanes) is 15. The van der Waals surface area contributed by atoms with Gasteiger partial charge in [-0.05, 0) is 88.0 Å². The Morgan fingerprint density at radius 2 is 0.854 bits per heavy atom.